The van der Waals surface area contributed by atoms with Crippen LogP contribution < -0.4 is 9.04 Å². The third-order valence-electron chi connectivity index (χ3n) is 5.89. The van der Waals surface area contributed by atoms with Gasteiger partial charge in [-0.2, -0.15) is 8.78 Å². The minimum Gasteiger partial charge on any atom is -0.434 e. The van der Waals surface area contributed by atoms with Crippen LogP contribution in [0.4, 0.5) is 14.6 Å². The topological polar surface area (TPSA) is 77.3 Å². The molecule has 0 bridgehead atoms. The Balaban J connectivity index is 1.48. The molecular weight excluding hydrogens is 462 g/mol. The fraction of sp³-hybridized carbons (Fsp3) is 0.250. The zero-order chi connectivity index (χ0) is 23.9. The van der Waals surface area contributed by atoms with E-state index in [2.05, 4.69) is 14.7 Å². The molecule has 7 nitrogen and oxygen atoms in total. The van der Waals surface area contributed by atoms with Crippen molar-refractivity contribution in [1.29, 1.82) is 0 Å². The predicted molar refractivity (Wildman–Crippen MR) is 126 cm³/mol. The van der Waals surface area contributed by atoms with Crippen LogP contribution in [-0.2, 0) is 16.6 Å². The molecule has 0 unspecified atom stereocenters. The lowest BCUT2D eigenvalue weighted by Crippen LogP contribution is -2.25. The van der Waals surface area contributed by atoms with Crippen LogP contribution in [0.3, 0.4) is 0 Å². The van der Waals surface area contributed by atoms with Crippen molar-refractivity contribution >= 4 is 26.9 Å². The Hall–Kier alpha value is -3.53. The van der Waals surface area contributed by atoms with Gasteiger partial charge in [0.25, 0.3) is 0 Å². The standard InChI is InChI=1S/C24H22F2N4O3S/c1-16-28-20-9-7-17(18-8-10-23(27-14-18)30-11-4-12-34(30,31)32)13-21(20)29(16)15-19-5-2-3-6-22(19)33-24(25)26/h2-3,5-10,13-14,24H,4,11-12,15H2,1H3. The lowest BCUT2D eigenvalue weighted by Gasteiger charge is -2.16. The number of hydrogen-bond donors (Lipinski definition) is 0. The second-order valence-corrected chi connectivity index (χ2v) is 10.1. The Bertz CT molecular complexity index is 1450. The molecule has 0 saturated carbocycles. The van der Waals surface area contributed by atoms with E-state index in [4.69, 9.17) is 0 Å². The monoisotopic (exact) mass is 484 g/mol. The number of para-hydroxylation sites is 1. The van der Waals surface area contributed by atoms with E-state index in [0.29, 0.717) is 30.9 Å². The molecule has 176 valence electrons. The van der Waals surface area contributed by atoms with Crippen LogP contribution in [0.15, 0.2) is 60.8 Å². The van der Waals surface area contributed by atoms with Crippen LogP contribution in [0.5, 0.6) is 5.75 Å². The summed E-state index contributed by atoms with van der Waals surface area (Å²) in [5, 5.41) is 0. The highest BCUT2D eigenvalue weighted by atomic mass is 32.2. The highest BCUT2D eigenvalue weighted by Crippen LogP contribution is 2.29. The van der Waals surface area contributed by atoms with Gasteiger partial charge in [0.1, 0.15) is 17.4 Å². The molecule has 5 rings (SSSR count). The molecule has 0 radical (unpaired) electrons. The van der Waals surface area contributed by atoms with E-state index < -0.39 is 16.6 Å². The maximum atomic E-state index is 12.8. The van der Waals surface area contributed by atoms with Gasteiger partial charge in [0.05, 0.1) is 23.3 Å². The summed E-state index contributed by atoms with van der Waals surface area (Å²) in [6.07, 6.45) is 2.25. The molecule has 0 spiro atoms. The van der Waals surface area contributed by atoms with Gasteiger partial charge in [-0.25, -0.2) is 18.4 Å². The van der Waals surface area contributed by atoms with Gasteiger partial charge in [0.2, 0.25) is 10.0 Å². The number of ether oxygens (including phenoxy) is 1. The van der Waals surface area contributed by atoms with Gasteiger partial charge in [0, 0.05) is 23.9 Å². The lowest BCUT2D eigenvalue weighted by atomic mass is 10.1. The summed E-state index contributed by atoms with van der Waals surface area (Å²) in [6, 6.07) is 16.1. The molecule has 0 amide bonds. The first-order valence-electron chi connectivity index (χ1n) is 10.8. The third kappa shape index (κ3) is 4.21. The number of halogens is 2. The number of rotatable bonds is 6. The Kier molecular flexibility index (Phi) is 5.68. The maximum Gasteiger partial charge on any atom is 0.387 e. The van der Waals surface area contributed by atoms with Crippen molar-refractivity contribution in [3.05, 3.63) is 72.2 Å². The number of fused-ring (bicyclic) bond motifs is 1. The van der Waals surface area contributed by atoms with Crippen LogP contribution >= 0.6 is 0 Å². The van der Waals surface area contributed by atoms with Crippen LogP contribution in [0, 0.1) is 6.92 Å². The Labute approximate surface area is 195 Å². The highest BCUT2D eigenvalue weighted by molar-refractivity contribution is 7.93. The summed E-state index contributed by atoms with van der Waals surface area (Å²) in [4.78, 5) is 8.99. The van der Waals surface area contributed by atoms with E-state index in [-0.39, 0.29) is 11.5 Å². The van der Waals surface area contributed by atoms with Gasteiger partial charge in [-0.1, -0.05) is 24.3 Å². The number of aromatic nitrogens is 3. The van der Waals surface area contributed by atoms with E-state index in [1.807, 2.05) is 35.8 Å². The number of aryl methyl sites for hydroxylation is 1. The first-order valence-corrected chi connectivity index (χ1v) is 12.4. The summed E-state index contributed by atoms with van der Waals surface area (Å²) in [5.74, 6) is 1.43. The molecule has 1 saturated heterocycles. The zero-order valence-electron chi connectivity index (χ0n) is 18.4. The molecule has 4 aromatic rings. The number of nitrogens with zero attached hydrogens (tertiary/aromatic N) is 4. The average molecular weight is 485 g/mol. The molecular formula is C24H22F2N4O3S. The molecule has 1 fully saturated rings. The van der Waals surface area contributed by atoms with Crippen LogP contribution in [0.25, 0.3) is 22.2 Å². The van der Waals surface area contributed by atoms with Gasteiger partial charge in [0.15, 0.2) is 0 Å². The first-order chi connectivity index (χ1) is 16.3. The first kappa shape index (κ1) is 22.3. The van der Waals surface area contributed by atoms with Crippen molar-refractivity contribution in [2.24, 2.45) is 0 Å². The fourth-order valence-electron chi connectivity index (χ4n) is 4.24. The summed E-state index contributed by atoms with van der Waals surface area (Å²) in [5.41, 5.74) is 3.95. The number of pyridine rings is 1. The van der Waals surface area contributed by atoms with Crippen molar-refractivity contribution in [3.63, 3.8) is 0 Å². The second-order valence-electron chi connectivity index (χ2n) is 8.08. The summed E-state index contributed by atoms with van der Waals surface area (Å²) < 4.78 is 58.0. The number of hydrogen-bond acceptors (Lipinski definition) is 5. The van der Waals surface area contributed by atoms with Crippen molar-refractivity contribution in [3.8, 4) is 16.9 Å². The zero-order valence-corrected chi connectivity index (χ0v) is 19.2. The molecule has 3 heterocycles. The summed E-state index contributed by atoms with van der Waals surface area (Å²) in [7, 11) is -3.29. The number of sulfonamides is 1. The number of imidazole rings is 1. The number of alkyl halides is 2. The maximum absolute atomic E-state index is 12.8. The van der Waals surface area contributed by atoms with Crippen molar-refractivity contribution < 1.29 is 21.9 Å². The summed E-state index contributed by atoms with van der Waals surface area (Å²) >= 11 is 0. The molecule has 1 aliphatic rings. The van der Waals surface area contributed by atoms with E-state index in [0.717, 1.165) is 28.0 Å². The average Bonchev–Trinajstić information content (AvgIpc) is 3.32. The normalized spacial score (nSPS) is 15.4. The molecule has 2 aromatic heterocycles. The molecule has 1 aliphatic heterocycles. The van der Waals surface area contributed by atoms with Crippen LogP contribution in [0.1, 0.15) is 17.8 Å². The van der Waals surface area contributed by atoms with E-state index in [1.54, 1.807) is 30.5 Å². The van der Waals surface area contributed by atoms with Gasteiger partial charge >= 0.3 is 6.61 Å². The van der Waals surface area contributed by atoms with Gasteiger partial charge < -0.3 is 9.30 Å². The Morgan fingerprint density at radius 1 is 1.09 bits per heavy atom. The predicted octanol–water partition coefficient (Wildman–Crippen LogP) is 4.60. The van der Waals surface area contributed by atoms with Gasteiger partial charge in [-0.05, 0) is 49.2 Å². The third-order valence-corrected chi connectivity index (χ3v) is 7.74. The molecule has 34 heavy (non-hydrogen) atoms. The molecule has 10 heteroatoms. The Morgan fingerprint density at radius 3 is 2.59 bits per heavy atom. The minimum absolute atomic E-state index is 0.131. The van der Waals surface area contributed by atoms with Crippen molar-refractivity contribution in [2.45, 2.75) is 26.5 Å². The molecule has 0 atom stereocenters. The molecule has 0 N–H and O–H groups in total. The van der Waals surface area contributed by atoms with E-state index in [9.17, 15) is 17.2 Å². The Morgan fingerprint density at radius 2 is 1.88 bits per heavy atom. The van der Waals surface area contributed by atoms with Crippen molar-refractivity contribution in [1.82, 2.24) is 14.5 Å². The van der Waals surface area contributed by atoms with Crippen LogP contribution in [0.2, 0.25) is 0 Å². The fourth-order valence-corrected chi connectivity index (χ4v) is 5.75. The number of anilines is 1. The van der Waals surface area contributed by atoms with Crippen LogP contribution in [-0.4, -0.2) is 41.9 Å². The lowest BCUT2D eigenvalue weighted by molar-refractivity contribution is -0.0504. The number of benzene rings is 2. The largest absolute Gasteiger partial charge is 0.434 e. The minimum atomic E-state index is -3.29. The quantitative estimate of drug-likeness (QED) is 0.400. The summed E-state index contributed by atoms with van der Waals surface area (Å²) in [6.45, 7) is -0.281. The van der Waals surface area contributed by atoms with E-state index >= 15 is 0 Å². The highest BCUT2D eigenvalue weighted by Gasteiger charge is 2.29. The van der Waals surface area contributed by atoms with Crippen molar-refractivity contribution in [2.75, 3.05) is 16.6 Å². The van der Waals surface area contributed by atoms with Gasteiger partial charge in [-0.15, -0.1) is 0 Å². The molecule has 2 aromatic carbocycles. The molecule has 0 aliphatic carbocycles. The SMILES string of the molecule is Cc1nc2ccc(-c3ccc(N4CCCS4(=O)=O)nc3)cc2n1Cc1ccccc1OC(F)F. The smallest absolute Gasteiger partial charge is 0.387 e. The van der Waals surface area contributed by atoms with E-state index in [1.165, 1.54) is 10.4 Å². The second kappa shape index (κ2) is 8.68. The van der Waals surface area contributed by atoms with Gasteiger partial charge in [-0.3, -0.25) is 4.31 Å².